The molecule has 334 valence electrons. The third-order valence-electron chi connectivity index (χ3n) is 13.1. The third-order valence-corrected chi connectivity index (χ3v) is 13.1. The van der Waals surface area contributed by atoms with Crippen molar-refractivity contribution >= 4 is 23.6 Å². The number of carbonyl (C=O) groups is 4. The van der Waals surface area contributed by atoms with Crippen LogP contribution >= 0.6 is 0 Å². The van der Waals surface area contributed by atoms with E-state index in [1.165, 1.54) is 14.0 Å². The molecule has 0 spiro atoms. The van der Waals surface area contributed by atoms with E-state index < -0.39 is 83.4 Å². The Balaban J connectivity index is 1.43. The minimum Gasteiger partial charge on any atom is -0.496 e. The lowest BCUT2D eigenvalue weighted by atomic mass is 9.73. The number of carbonyl (C=O) groups excluding carboxylic acids is 4. The van der Waals surface area contributed by atoms with Crippen LogP contribution in [-0.2, 0) is 44.6 Å². The van der Waals surface area contributed by atoms with Crippen LogP contribution in [0.4, 0.5) is 4.79 Å². The summed E-state index contributed by atoms with van der Waals surface area (Å²) < 4.78 is 38.7. The maximum absolute atomic E-state index is 14.7. The van der Waals surface area contributed by atoms with Gasteiger partial charge in [0, 0.05) is 62.6 Å². The summed E-state index contributed by atoms with van der Waals surface area (Å²) in [4.78, 5) is 69.2. The van der Waals surface area contributed by atoms with Crippen molar-refractivity contribution in [2.24, 2.45) is 23.7 Å². The SMILES string of the molecule is CC[C@@H]1OC(=O)[C@H](C)C(=O)[C@H](C)C(OC2O[C@H](C)C[C@H](N(C)C)[C@H]2O)[C@@](C)(OC)C[C@@H](C)C(=O)[C@@H](C)[C@H]2N(CCCCn3cnc(-c4cnccc4OC)c3)C(=O)O[C@]12C. The summed E-state index contributed by atoms with van der Waals surface area (Å²) in [6.45, 7) is 14.8. The van der Waals surface area contributed by atoms with E-state index >= 15 is 0 Å². The molecular formula is C44H67N5O11. The van der Waals surface area contributed by atoms with Crippen molar-refractivity contribution in [3.8, 4) is 17.0 Å². The first kappa shape index (κ1) is 47.1. The standard InChI is InChI=1S/C44H67N5O11/c1-13-34-44(8)38(49(42(54)60-44)19-15-14-18-48-23-31(46-24-48)30-22-45-17-16-33(30)55-11)27(4)35(50)25(2)21-43(7,56-12)39(28(5)36(51)29(6)40(53)58-34)59-41-37(52)32(47(9)10)20-26(3)57-41/h16-17,22-29,32,34,37-39,41,52H,13-15,18-21H2,1-12H3/t25-,26-,27-,28+,29-,32+,34+,37-,38-,39?,41?,43+,44-/m1/s1. The lowest BCUT2D eigenvalue weighted by Gasteiger charge is -2.47. The molecule has 2 unspecified atom stereocenters. The predicted octanol–water partition coefficient (Wildman–Crippen LogP) is 4.94. The molecule has 0 aromatic carbocycles. The van der Waals surface area contributed by atoms with E-state index in [1.54, 1.807) is 71.4 Å². The van der Waals surface area contributed by atoms with Crippen LogP contribution in [0.25, 0.3) is 11.3 Å². The normalized spacial score (nSPS) is 35.8. The number of aryl methyl sites for hydroxylation is 1. The molecule has 0 bridgehead atoms. The summed E-state index contributed by atoms with van der Waals surface area (Å²) >= 11 is 0. The average Bonchev–Trinajstić information content (AvgIpc) is 3.80. The number of imidazole rings is 1. The number of aromatic nitrogens is 3. The molecule has 16 nitrogen and oxygen atoms in total. The predicted molar refractivity (Wildman–Crippen MR) is 221 cm³/mol. The number of esters is 1. The van der Waals surface area contributed by atoms with Crippen LogP contribution in [0, 0.1) is 23.7 Å². The van der Waals surface area contributed by atoms with E-state index in [9.17, 15) is 24.3 Å². The average molecular weight is 842 g/mol. The van der Waals surface area contributed by atoms with Crippen LogP contribution in [-0.4, -0.2) is 142 Å². The zero-order valence-corrected chi connectivity index (χ0v) is 37.5. The Labute approximate surface area is 354 Å². The number of likely N-dealkylation sites (N-methyl/N-ethyl adjacent to an activating group) is 1. The van der Waals surface area contributed by atoms with E-state index in [4.69, 9.17) is 28.4 Å². The first-order valence-electron chi connectivity index (χ1n) is 21.3. The van der Waals surface area contributed by atoms with E-state index in [0.717, 1.165) is 11.3 Å². The molecule has 2 aromatic rings. The fraction of sp³-hybridized carbons (Fsp3) is 0.727. The number of unbranched alkanes of at least 4 members (excludes halogenated alkanes) is 1. The summed E-state index contributed by atoms with van der Waals surface area (Å²) in [5.41, 5.74) is -1.19. The second-order valence-corrected chi connectivity index (χ2v) is 17.7. The Kier molecular flexibility index (Phi) is 15.2. The fourth-order valence-electron chi connectivity index (χ4n) is 9.66. The number of hydrogen-bond acceptors (Lipinski definition) is 14. The Morgan fingerprint density at radius 2 is 1.70 bits per heavy atom. The zero-order valence-electron chi connectivity index (χ0n) is 37.5. The van der Waals surface area contributed by atoms with Crippen LogP contribution in [0.1, 0.15) is 87.5 Å². The molecule has 5 rings (SSSR count). The van der Waals surface area contributed by atoms with Gasteiger partial charge in [-0.3, -0.25) is 19.4 Å². The molecule has 3 fully saturated rings. The Hall–Kier alpha value is -3.96. The highest BCUT2D eigenvalue weighted by Crippen LogP contribution is 2.43. The summed E-state index contributed by atoms with van der Waals surface area (Å²) in [5, 5.41) is 11.5. The fourth-order valence-corrected chi connectivity index (χ4v) is 9.66. The highest BCUT2D eigenvalue weighted by Gasteiger charge is 2.60. The number of fused-ring (bicyclic) bond motifs is 1. The monoisotopic (exact) mass is 841 g/mol. The van der Waals surface area contributed by atoms with Crippen LogP contribution in [0.5, 0.6) is 5.75 Å². The van der Waals surface area contributed by atoms with Crippen LogP contribution in [0.15, 0.2) is 31.0 Å². The molecule has 3 aliphatic heterocycles. The Morgan fingerprint density at radius 3 is 2.35 bits per heavy atom. The molecule has 13 atom stereocenters. The topological polar surface area (TPSA) is 181 Å². The van der Waals surface area contributed by atoms with Gasteiger partial charge in [-0.05, 0) is 80.0 Å². The molecule has 0 saturated carbocycles. The van der Waals surface area contributed by atoms with Gasteiger partial charge in [0.25, 0.3) is 0 Å². The molecule has 1 amide bonds. The van der Waals surface area contributed by atoms with E-state index in [-0.39, 0.29) is 37.3 Å². The number of methoxy groups -OCH3 is 2. The minimum atomic E-state index is -1.42. The third kappa shape index (κ3) is 9.57. The highest BCUT2D eigenvalue weighted by atomic mass is 16.7. The van der Waals surface area contributed by atoms with E-state index in [2.05, 4.69) is 9.97 Å². The molecule has 3 aliphatic rings. The van der Waals surface area contributed by atoms with Gasteiger partial charge in [-0.25, -0.2) is 9.78 Å². The molecule has 3 saturated heterocycles. The lowest BCUT2D eigenvalue weighted by Crippen LogP contribution is -2.60. The van der Waals surface area contributed by atoms with E-state index in [0.29, 0.717) is 31.6 Å². The molecule has 16 heteroatoms. The number of nitrogens with zero attached hydrogens (tertiary/aromatic N) is 5. The zero-order chi connectivity index (χ0) is 44.3. The number of ether oxygens (including phenoxy) is 6. The van der Waals surface area contributed by atoms with Crippen molar-refractivity contribution in [1.29, 1.82) is 0 Å². The number of Topliss-reactive ketones (excluding diaryl/α,β-unsaturated/α-hetero) is 2. The second-order valence-electron chi connectivity index (χ2n) is 17.7. The van der Waals surface area contributed by atoms with Crippen LogP contribution < -0.4 is 4.74 Å². The molecule has 0 radical (unpaired) electrons. The smallest absolute Gasteiger partial charge is 0.410 e. The van der Waals surface area contributed by atoms with Gasteiger partial charge in [-0.2, -0.15) is 0 Å². The summed E-state index contributed by atoms with van der Waals surface area (Å²) in [7, 11) is 6.83. The summed E-state index contributed by atoms with van der Waals surface area (Å²) in [5.74, 6) is -4.34. The maximum Gasteiger partial charge on any atom is 0.410 e. The molecule has 2 aromatic heterocycles. The van der Waals surface area contributed by atoms with Crippen molar-refractivity contribution in [2.75, 3.05) is 34.9 Å². The molecule has 5 heterocycles. The number of pyridine rings is 1. The van der Waals surface area contributed by atoms with Gasteiger partial charge in [0.15, 0.2) is 17.7 Å². The number of rotatable bonds is 12. The van der Waals surface area contributed by atoms with Crippen molar-refractivity contribution in [3.05, 3.63) is 31.0 Å². The van der Waals surface area contributed by atoms with Crippen molar-refractivity contribution in [3.63, 3.8) is 0 Å². The summed E-state index contributed by atoms with van der Waals surface area (Å²) in [6, 6.07) is 0.689. The van der Waals surface area contributed by atoms with Crippen molar-refractivity contribution < 1.29 is 52.7 Å². The first-order chi connectivity index (χ1) is 28.3. The lowest BCUT2D eigenvalue weighted by molar-refractivity contribution is -0.295. The molecule has 1 N–H and O–H groups in total. The second kappa shape index (κ2) is 19.4. The number of aliphatic hydroxyl groups excluding tert-OH is 1. The number of amides is 1. The van der Waals surface area contributed by atoms with Gasteiger partial charge in [0.2, 0.25) is 0 Å². The number of ketones is 2. The van der Waals surface area contributed by atoms with Gasteiger partial charge in [-0.15, -0.1) is 0 Å². The highest BCUT2D eigenvalue weighted by molar-refractivity contribution is 6.00. The van der Waals surface area contributed by atoms with Crippen molar-refractivity contribution in [2.45, 2.75) is 148 Å². The van der Waals surface area contributed by atoms with E-state index in [1.807, 2.05) is 43.6 Å². The Morgan fingerprint density at radius 1 is 1.00 bits per heavy atom. The van der Waals surface area contributed by atoms with Gasteiger partial charge in [0.1, 0.15) is 29.7 Å². The number of aliphatic hydroxyl groups is 1. The quantitative estimate of drug-likeness (QED) is 0.173. The molecule has 60 heavy (non-hydrogen) atoms. The number of cyclic esters (lactones) is 1. The van der Waals surface area contributed by atoms with Gasteiger partial charge < -0.3 is 47.9 Å². The van der Waals surface area contributed by atoms with Gasteiger partial charge >= 0.3 is 12.1 Å². The molecular weight excluding hydrogens is 775 g/mol. The van der Waals surface area contributed by atoms with Gasteiger partial charge in [0.05, 0.1) is 48.5 Å². The van der Waals surface area contributed by atoms with Crippen molar-refractivity contribution in [1.82, 2.24) is 24.3 Å². The summed E-state index contributed by atoms with van der Waals surface area (Å²) in [6.07, 6.45) is 4.15. The number of hydrogen-bond donors (Lipinski definition) is 1. The largest absolute Gasteiger partial charge is 0.496 e. The minimum absolute atomic E-state index is 0.122. The maximum atomic E-state index is 14.7. The van der Waals surface area contributed by atoms with Crippen LogP contribution in [0.3, 0.4) is 0 Å². The first-order valence-corrected chi connectivity index (χ1v) is 21.3. The van der Waals surface area contributed by atoms with Crippen LogP contribution in [0.2, 0.25) is 0 Å². The Bertz CT molecular complexity index is 1820. The van der Waals surface area contributed by atoms with Gasteiger partial charge in [-0.1, -0.05) is 27.7 Å². The molecule has 0 aliphatic carbocycles.